The first-order valence-corrected chi connectivity index (χ1v) is 10.9. The maximum atomic E-state index is 13.3. The Morgan fingerprint density at radius 3 is 2.19 bits per heavy atom. The second-order valence-corrected chi connectivity index (χ2v) is 8.38. The molecule has 5 heteroatoms. The number of halogens is 1. The van der Waals surface area contributed by atoms with Gasteiger partial charge in [-0.05, 0) is 30.7 Å². The van der Waals surface area contributed by atoms with Crippen LogP contribution in [-0.2, 0) is 6.54 Å². The van der Waals surface area contributed by atoms with Gasteiger partial charge in [0.05, 0.1) is 5.56 Å². The number of carbonyl (C=O) groups excluding carboxylic acids is 2. The van der Waals surface area contributed by atoms with Gasteiger partial charge in [0.2, 0.25) is 0 Å². The molecule has 1 aliphatic rings. The Kier molecular flexibility index (Phi) is 6.50. The minimum absolute atomic E-state index is 0.0848. The molecule has 0 radical (unpaired) electrons. The number of nitrogens with zero attached hydrogens (tertiary/aromatic N) is 2. The van der Waals surface area contributed by atoms with E-state index in [1.807, 2.05) is 60.4 Å². The van der Waals surface area contributed by atoms with Gasteiger partial charge in [0.25, 0.3) is 5.91 Å². The molecule has 0 spiro atoms. The van der Waals surface area contributed by atoms with Gasteiger partial charge in [0.15, 0.2) is 5.78 Å². The molecule has 3 aromatic rings. The lowest BCUT2D eigenvalue weighted by molar-refractivity contribution is 0.0625. The van der Waals surface area contributed by atoms with Crippen molar-refractivity contribution in [2.75, 3.05) is 26.2 Å². The first-order valence-electron chi connectivity index (χ1n) is 10.5. The number of hydrogen-bond donors (Lipinski definition) is 0. The van der Waals surface area contributed by atoms with Crippen molar-refractivity contribution in [3.8, 4) is 0 Å². The van der Waals surface area contributed by atoms with Crippen molar-refractivity contribution < 1.29 is 9.59 Å². The van der Waals surface area contributed by atoms with Crippen molar-refractivity contribution in [1.29, 1.82) is 0 Å². The summed E-state index contributed by atoms with van der Waals surface area (Å²) in [5, 5.41) is 0.737. The zero-order valence-electron chi connectivity index (χ0n) is 17.6. The number of rotatable bonds is 5. The fourth-order valence-corrected chi connectivity index (χ4v) is 4.11. The zero-order chi connectivity index (χ0) is 21.8. The molecule has 0 unspecified atom stereocenters. The SMILES string of the molecule is Cc1ccc(C(=O)c2ccccc2C(=O)N2CCN(Cc3cccc(Cl)c3)CC2)cc1. The number of ketones is 1. The van der Waals surface area contributed by atoms with E-state index in [1.165, 1.54) is 5.56 Å². The molecular weight excluding hydrogens is 408 g/mol. The molecule has 1 fully saturated rings. The Morgan fingerprint density at radius 2 is 1.52 bits per heavy atom. The predicted molar refractivity (Wildman–Crippen MR) is 124 cm³/mol. The topological polar surface area (TPSA) is 40.6 Å². The lowest BCUT2D eigenvalue weighted by atomic mass is 9.97. The number of carbonyl (C=O) groups is 2. The van der Waals surface area contributed by atoms with E-state index in [2.05, 4.69) is 11.0 Å². The molecule has 158 valence electrons. The summed E-state index contributed by atoms with van der Waals surface area (Å²) in [6.45, 7) is 5.63. The van der Waals surface area contributed by atoms with Gasteiger partial charge in [0.1, 0.15) is 0 Å². The molecule has 1 aliphatic heterocycles. The molecule has 0 aliphatic carbocycles. The molecule has 3 aromatic carbocycles. The van der Waals surface area contributed by atoms with Crippen LogP contribution in [0.4, 0.5) is 0 Å². The number of benzene rings is 3. The van der Waals surface area contributed by atoms with Crippen LogP contribution in [-0.4, -0.2) is 47.7 Å². The van der Waals surface area contributed by atoms with Crippen molar-refractivity contribution in [3.63, 3.8) is 0 Å². The highest BCUT2D eigenvalue weighted by atomic mass is 35.5. The van der Waals surface area contributed by atoms with E-state index in [0.717, 1.165) is 30.2 Å². The van der Waals surface area contributed by atoms with Gasteiger partial charge < -0.3 is 4.90 Å². The van der Waals surface area contributed by atoms with E-state index in [4.69, 9.17) is 11.6 Å². The summed E-state index contributed by atoms with van der Waals surface area (Å²) in [7, 11) is 0. The molecule has 4 rings (SSSR count). The van der Waals surface area contributed by atoms with Gasteiger partial charge in [-0.3, -0.25) is 14.5 Å². The number of aryl methyl sites for hydroxylation is 1. The summed E-state index contributed by atoms with van der Waals surface area (Å²) >= 11 is 6.09. The molecule has 1 heterocycles. The van der Waals surface area contributed by atoms with Gasteiger partial charge in [-0.1, -0.05) is 71.8 Å². The highest BCUT2D eigenvalue weighted by Crippen LogP contribution is 2.19. The molecular formula is C26H25ClN2O2. The maximum absolute atomic E-state index is 13.3. The Morgan fingerprint density at radius 1 is 0.839 bits per heavy atom. The van der Waals surface area contributed by atoms with Crippen molar-refractivity contribution in [2.45, 2.75) is 13.5 Å². The van der Waals surface area contributed by atoms with Crippen LogP contribution in [0.1, 0.15) is 37.4 Å². The van der Waals surface area contributed by atoms with E-state index in [9.17, 15) is 9.59 Å². The molecule has 1 saturated heterocycles. The summed E-state index contributed by atoms with van der Waals surface area (Å²) < 4.78 is 0. The van der Waals surface area contributed by atoms with Crippen molar-refractivity contribution >= 4 is 23.3 Å². The fraction of sp³-hybridized carbons (Fsp3) is 0.231. The van der Waals surface area contributed by atoms with Gasteiger partial charge in [0, 0.05) is 48.9 Å². The standard InChI is InChI=1S/C26H25ClN2O2/c1-19-9-11-21(12-10-19)25(30)23-7-2-3-8-24(23)26(31)29-15-13-28(14-16-29)18-20-5-4-6-22(27)17-20/h2-12,17H,13-16,18H2,1H3. The van der Waals surface area contributed by atoms with E-state index in [-0.39, 0.29) is 11.7 Å². The molecule has 4 nitrogen and oxygen atoms in total. The average molecular weight is 433 g/mol. The minimum atomic E-state index is -0.122. The van der Waals surface area contributed by atoms with Gasteiger partial charge in [-0.2, -0.15) is 0 Å². The molecule has 0 atom stereocenters. The second kappa shape index (κ2) is 9.46. The Bertz CT molecular complexity index is 1090. The van der Waals surface area contributed by atoms with Gasteiger partial charge in [-0.25, -0.2) is 0 Å². The third kappa shape index (κ3) is 5.04. The summed E-state index contributed by atoms with van der Waals surface area (Å²) in [6.07, 6.45) is 0. The average Bonchev–Trinajstić information content (AvgIpc) is 2.79. The van der Waals surface area contributed by atoms with Crippen molar-refractivity contribution in [2.24, 2.45) is 0 Å². The summed E-state index contributed by atoms with van der Waals surface area (Å²) in [4.78, 5) is 30.5. The van der Waals surface area contributed by atoms with Crippen LogP contribution in [0.5, 0.6) is 0 Å². The molecule has 0 bridgehead atoms. The third-order valence-electron chi connectivity index (χ3n) is 5.67. The highest BCUT2D eigenvalue weighted by molar-refractivity contribution is 6.30. The minimum Gasteiger partial charge on any atom is -0.336 e. The second-order valence-electron chi connectivity index (χ2n) is 7.94. The quantitative estimate of drug-likeness (QED) is 0.542. The zero-order valence-corrected chi connectivity index (χ0v) is 18.3. The normalized spacial score (nSPS) is 14.5. The number of hydrogen-bond acceptors (Lipinski definition) is 3. The lowest BCUT2D eigenvalue weighted by Crippen LogP contribution is -2.48. The first-order chi connectivity index (χ1) is 15.0. The molecule has 0 saturated carbocycles. The molecule has 1 amide bonds. The first kappa shape index (κ1) is 21.3. The van der Waals surface area contributed by atoms with Crippen molar-refractivity contribution in [3.05, 3.63) is 106 Å². The van der Waals surface area contributed by atoms with Gasteiger partial charge in [-0.15, -0.1) is 0 Å². The van der Waals surface area contributed by atoms with Crippen LogP contribution in [0.15, 0.2) is 72.8 Å². The van der Waals surface area contributed by atoms with E-state index in [0.29, 0.717) is 29.8 Å². The largest absolute Gasteiger partial charge is 0.336 e. The summed E-state index contributed by atoms with van der Waals surface area (Å²) in [5.41, 5.74) is 3.78. The van der Waals surface area contributed by atoms with Crippen molar-refractivity contribution in [1.82, 2.24) is 9.80 Å². The van der Waals surface area contributed by atoms with Crippen LogP contribution in [0.3, 0.4) is 0 Å². The lowest BCUT2D eigenvalue weighted by Gasteiger charge is -2.35. The third-order valence-corrected chi connectivity index (χ3v) is 5.91. The Hall–Kier alpha value is -2.95. The van der Waals surface area contributed by atoms with Crippen LogP contribution in [0.25, 0.3) is 0 Å². The van der Waals surface area contributed by atoms with Crippen LogP contribution in [0.2, 0.25) is 5.02 Å². The predicted octanol–water partition coefficient (Wildman–Crippen LogP) is 4.84. The Labute approximate surface area is 188 Å². The van der Waals surface area contributed by atoms with Crippen LogP contribution in [0, 0.1) is 6.92 Å². The molecule has 0 aromatic heterocycles. The number of piperazine rings is 1. The summed E-state index contributed by atoms with van der Waals surface area (Å²) in [6, 6.07) is 22.4. The van der Waals surface area contributed by atoms with E-state index in [1.54, 1.807) is 18.2 Å². The molecule has 31 heavy (non-hydrogen) atoms. The maximum Gasteiger partial charge on any atom is 0.254 e. The van der Waals surface area contributed by atoms with Crippen LogP contribution >= 0.6 is 11.6 Å². The Balaban J connectivity index is 1.45. The fourth-order valence-electron chi connectivity index (χ4n) is 3.90. The number of amides is 1. The smallest absolute Gasteiger partial charge is 0.254 e. The summed E-state index contributed by atoms with van der Waals surface area (Å²) in [5.74, 6) is -0.206. The highest BCUT2D eigenvalue weighted by Gasteiger charge is 2.25. The van der Waals surface area contributed by atoms with E-state index >= 15 is 0 Å². The van der Waals surface area contributed by atoms with Crippen LogP contribution < -0.4 is 0 Å². The monoisotopic (exact) mass is 432 g/mol. The van der Waals surface area contributed by atoms with E-state index < -0.39 is 0 Å². The van der Waals surface area contributed by atoms with Gasteiger partial charge >= 0.3 is 0 Å². The molecule has 0 N–H and O–H groups in total.